The van der Waals surface area contributed by atoms with Crippen LogP contribution < -0.4 is 10.6 Å². The van der Waals surface area contributed by atoms with Gasteiger partial charge in [-0.05, 0) is 70.6 Å². The summed E-state index contributed by atoms with van der Waals surface area (Å²) in [5.74, 6) is 0.321. The van der Waals surface area contributed by atoms with Crippen molar-refractivity contribution in [2.45, 2.75) is 251 Å². The molecule has 0 aromatic carbocycles. The van der Waals surface area contributed by atoms with Crippen LogP contribution in [0.3, 0.4) is 0 Å². The Bertz CT molecular complexity index is 699. The van der Waals surface area contributed by atoms with Gasteiger partial charge in [0.25, 0.3) is 0 Å². The van der Waals surface area contributed by atoms with Crippen molar-refractivity contribution in [3.8, 4) is 0 Å². The maximum atomic E-state index is 12.1. The summed E-state index contributed by atoms with van der Waals surface area (Å²) in [5, 5.41) is 6.05. The van der Waals surface area contributed by atoms with E-state index < -0.39 is 0 Å². The molecule has 0 aliphatic heterocycles. The fourth-order valence-electron chi connectivity index (χ4n) is 6.85. The molecule has 2 N–H and O–H groups in total. The molecule has 0 aliphatic carbocycles. The van der Waals surface area contributed by atoms with Gasteiger partial charge in [-0.2, -0.15) is 0 Å². The Labute approximate surface area is 320 Å². The molecule has 300 valence electrons. The van der Waals surface area contributed by atoms with Crippen LogP contribution in [0.5, 0.6) is 0 Å². The minimum Gasteiger partial charge on any atom is -0.356 e. The largest absolute Gasteiger partial charge is 0.356 e. The number of nitrogens with one attached hydrogen (secondary N) is 2. The molecular formula is C47H90N2O2. The Morgan fingerprint density at radius 3 is 0.824 bits per heavy atom. The number of rotatable bonds is 42. The molecule has 0 spiro atoms. The van der Waals surface area contributed by atoms with Crippen LogP contribution in [-0.2, 0) is 9.59 Å². The summed E-state index contributed by atoms with van der Waals surface area (Å²) in [6, 6.07) is 0. The molecule has 0 aromatic rings. The van der Waals surface area contributed by atoms with E-state index in [1.54, 1.807) is 0 Å². The maximum absolute atomic E-state index is 12.1. The molecule has 2 amide bonds. The molecule has 0 unspecified atom stereocenters. The Kier molecular flexibility index (Phi) is 43.2. The molecule has 4 nitrogen and oxygen atoms in total. The average Bonchev–Trinajstić information content (AvgIpc) is 3.13. The third kappa shape index (κ3) is 44.5. The predicted molar refractivity (Wildman–Crippen MR) is 226 cm³/mol. The van der Waals surface area contributed by atoms with Gasteiger partial charge in [0.05, 0.1) is 0 Å². The van der Waals surface area contributed by atoms with E-state index in [1.165, 1.54) is 193 Å². The first kappa shape index (κ1) is 49.4. The second-order valence-corrected chi connectivity index (χ2v) is 15.6. The summed E-state index contributed by atoms with van der Waals surface area (Å²) in [6.45, 7) is 5.88. The van der Waals surface area contributed by atoms with Crippen LogP contribution in [-0.4, -0.2) is 24.9 Å². The normalized spacial score (nSPS) is 11.6. The third-order valence-corrected chi connectivity index (χ3v) is 10.3. The number of hydrogen-bond acceptors (Lipinski definition) is 2. The molecular weight excluding hydrogens is 625 g/mol. The first-order valence-corrected chi connectivity index (χ1v) is 23.0. The zero-order valence-corrected chi connectivity index (χ0v) is 34.7. The number of amides is 2. The molecule has 0 aliphatic rings. The molecule has 0 bridgehead atoms. The Morgan fingerprint density at radius 1 is 0.314 bits per heavy atom. The second-order valence-electron chi connectivity index (χ2n) is 15.6. The van der Waals surface area contributed by atoms with Crippen molar-refractivity contribution in [1.82, 2.24) is 10.6 Å². The van der Waals surface area contributed by atoms with Gasteiger partial charge in [0.15, 0.2) is 0 Å². The van der Waals surface area contributed by atoms with Crippen molar-refractivity contribution in [2.24, 2.45) is 0 Å². The van der Waals surface area contributed by atoms with Crippen molar-refractivity contribution < 1.29 is 9.59 Å². The van der Waals surface area contributed by atoms with Crippen LogP contribution in [0.25, 0.3) is 0 Å². The van der Waals surface area contributed by atoms with Crippen LogP contribution in [0.4, 0.5) is 0 Å². The van der Waals surface area contributed by atoms with Crippen LogP contribution in [0.15, 0.2) is 24.3 Å². The van der Waals surface area contributed by atoms with Crippen molar-refractivity contribution in [3.63, 3.8) is 0 Å². The highest BCUT2D eigenvalue weighted by molar-refractivity contribution is 5.76. The average molecular weight is 715 g/mol. The quantitative estimate of drug-likeness (QED) is 0.0488. The molecule has 0 radical (unpaired) electrons. The maximum Gasteiger partial charge on any atom is 0.219 e. The molecule has 4 heteroatoms. The van der Waals surface area contributed by atoms with E-state index >= 15 is 0 Å². The molecule has 0 aromatic heterocycles. The van der Waals surface area contributed by atoms with E-state index in [9.17, 15) is 9.59 Å². The SMILES string of the molecule is CCCCCCCCC=CCCCCCCCCCCCC(=O)NCCCNC(=O)CCCCCCCCCCCC=CCCCCCCCC. The van der Waals surface area contributed by atoms with Gasteiger partial charge in [-0.25, -0.2) is 0 Å². The summed E-state index contributed by atoms with van der Waals surface area (Å²) in [7, 11) is 0. The Hall–Kier alpha value is -1.58. The van der Waals surface area contributed by atoms with Gasteiger partial charge in [-0.1, -0.05) is 192 Å². The van der Waals surface area contributed by atoms with Gasteiger partial charge in [-0.15, -0.1) is 0 Å². The first-order valence-electron chi connectivity index (χ1n) is 23.0. The summed E-state index contributed by atoms with van der Waals surface area (Å²) in [4.78, 5) is 24.2. The van der Waals surface area contributed by atoms with Gasteiger partial charge in [0.2, 0.25) is 11.8 Å². The van der Waals surface area contributed by atoms with Crippen molar-refractivity contribution in [2.75, 3.05) is 13.1 Å². The number of allylic oxidation sites excluding steroid dienone is 4. The van der Waals surface area contributed by atoms with Gasteiger partial charge >= 0.3 is 0 Å². The van der Waals surface area contributed by atoms with Crippen LogP contribution in [0.2, 0.25) is 0 Å². The van der Waals surface area contributed by atoms with E-state index in [4.69, 9.17) is 0 Å². The lowest BCUT2D eigenvalue weighted by Gasteiger charge is -2.07. The highest BCUT2D eigenvalue weighted by atomic mass is 16.2. The molecule has 0 saturated carbocycles. The van der Waals surface area contributed by atoms with Crippen molar-refractivity contribution >= 4 is 11.8 Å². The smallest absolute Gasteiger partial charge is 0.219 e. The second kappa shape index (κ2) is 44.6. The first-order chi connectivity index (χ1) is 25.2. The van der Waals surface area contributed by atoms with Gasteiger partial charge in [0.1, 0.15) is 0 Å². The predicted octanol–water partition coefficient (Wildman–Crippen LogP) is 14.8. The minimum absolute atomic E-state index is 0.161. The lowest BCUT2D eigenvalue weighted by atomic mass is 10.1. The highest BCUT2D eigenvalue weighted by Crippen LogP contribution is 2.14. The monoisotopic (exact) mass is 715 g/mol. The molecule has 51 heavy (non-hydrogen) atoms. The Balaban J connectivity index is 3.29. The van der Waals surface area contributed by atoms with E-state index in [2.05, 4.69) is 48.8 Å². The topological polar surface area (TPSA) is 58.2 Å². The zero-order chi connectivity index (χ0) is 37.0. The lowest BCUT2D eigenvalue weighted by molar-refractivity contribution is -0.121. The summed E-state index contributed by atoms with van der Waals surface area (Å²) in [5.41, 5.74) is 0. The minimum atomic E-state index is 0.161. The molecule has 0 saturated heterocycles. The summed E-state index contributed by atoms with van der Waals surface area (Å²) < 4.78 is 0. The van der Waals surface area contributed by atoms with E-state index in [0.29, 0.717) is 25.9 Å². The summed E-state index contributed by atoms with van der Waals surface area (Å²) >= 11 is 0. The number of carbonyl (C=O) groups excluding carboxylic acids is 2. The van der Waals surface area contributed by atoms with E-state index in [-0.39, 0.29) is 11.8 Å². The Morgan fingerprint density at radius 2 is 0.549 bits per heavy atom. The van der Waals surface area contributed by atoms with Gasteiger partial charge in [-0.3, -0.25) is 9.59 Å². The molecule has 0 heterocycles. The van der Waals surface area contributed by atoms with Gasteiger partial charge in [0, 0.05) is 25.9 Å². The standard InChI is InChI=1S/C47H90N2O2/c1-3-5-7-9-11-13-15-17-19-21-23-25-27-29-31-33-35-37-39-42-46(50)48-44-41-45-49-47(51)43-40-38-36-34-32-30-28-26-24-22-20-18-16-14-12-10-8-6-4-2/h17-20H,3-16,21-45H2,1-2H3,(H,48,50)(H,49,51). The van der Waals surface area contributed by atoms with Crippen LogP contribution in [0.1, 0.15) is 251 Å². The van der Waals surface area contributed by atoms with E-state index in [0.717, 1.165) is 32.1 Å². The fourth-order valence-corrected chi connectivity index (χ4v) is 6.85. The van der Waals surface area contributed by atoms with Crippen LogP contribution >= 0.6 is 0 Å². The summed E-state index contributed by atoms with van der Waals surface area (Å²) in [6.07, 6.45) is 56.4. The number of hydrogen-bond donors (Lipinski definition) is 2. The zero-order valence-electron chi connectivity index (χ0n) is 34.7. The van der Waals surface area contributed by atoms with Gasteiger partial charge < -0.3 is 10.6 Å². The highest BCUT2D eigenvalue weighted by Gasteiger charge is 2.03. The number of unbranched alkanes of at least 4 members (excludes halogenated alkanes) is 30. The molecule has 0 atom stereocenters. The fraction of sp³-hybridized carbons (Fsp3) is 0.872. The van der Waals surface area contributed by atoms with E-state index in [1.807, 2.05) is 0 Å². The number of carbonyl (C=O) groups is 2. The third-order valence-electron chi connectivity index (χ3n) is 10.3. The molecule has 0 fully saturated rings. The lowest BCUT2D eigenvalue weighted by Crippen LogP contribution is -2.29. The van der Waals surface area contributed by atoms with Crippen LogP contribution in [0, 0.1) is 0 Å². The van der Waals surface area contributed by atoms with Crippen molar-refractivity contribution in [3.05, 3.63) is 24.3 Å². The molecule has 0 rings (SSSR count). The van der Waals surface area contributed by atoms with Crippen molar-refractivity contribution in [1.29, 1.82) is 0 Å².